The maximum Gasteiger partial charge on any atom is 0.329 e. The lowest BCUT2D eigenvalue weighted by atomic mass is 10.0. The molecular formula is C19H20N4O. The Bertz CT molecular complexity index is 843. The Morgan fingerprint density at radius 3 is 2.71 bits per heavy atom. The number of nitrogens with zero attached hydrogens (tertiary/aromatic N) is 4. The molecule has 2 aliphatic heterocycles. The minimum Gasteiger partial charge on any atom is -0.292 e. The molecule has 2 aliphatic rings. The van der Waals surface area contributed by atoms with E-state index in [1.807, 2.05) is 30.0 Å². The molecule has 2 aromatic rings. The summed E-state index contributed by atoms with van der Waals surface area (Å²) in [6.45, 7) is 5.41. The average molecular weight is 320 g/mol. The number of benzene rings is 1. The Labute approximate surface area is 141 Å². The number of hydrogen-bond acceptors (Lipinski definition) is 3. The van der Waals surface area contributed by atoms with Crippen molar-refractivity contribution in [1.82, 2.24) is 4.98 Å². The lowest BCUT2D eigenvalue weighted by Gasteiger charge is -2.21. The van der Waals surface area contributed by atoms with E-state index in [9.17, 15) is 4.79 Å². The van der Waals surface area contributed by atoms with Gasteiger partial charge in [-0.15, -0.1) is 0 Å². The second-order valence-electron chi connectivity index (χ2n) is 6.41. The third-order valence-electron chi connectivity index (χ3n) is 4.76. The molecule has 3 heterocycles. The molecule has 1 saturated heterocycles. The fourth-order valence-electron chi connectivity index (χ4n) is 3.35. The lowest BCUT2D eigenvalue weighted by Crippen LogP contribution is -2.32. The number of amides is 2. The number of aromatic nitrogens is 1. The molecule has 1 fully saturated rings. The molecule has 2 amide bonds. The summed E-state index contributed by atoms with van der Waals surface area (Å²) in [6, 6.07) is 8.11. The quantitative estimate of drug-likeness (QED) is 0.843. The van der Waals surface area contributed by atoms with Crippen molar-refractivity contribution in [2.75, 3.05) is 22.9 Å². The Hall–Kier alpha value is -2.69. The predicted molar refractivity (Wildman–Crippen MR) is 96.6 cm³/mol. The summed E-state index contributed by atoms with van der Waals surface area (Å²) in [6.07, 6.45) is 5.56. The van der Waals surface area contributed by atoms with E-state index in [1.54, 1.807) is 17.3 Å². The van der Waals surface area contributed by atoms with Gasteiger partial charge in [0.05, 0.1) is 17.6 Å². The van der Waals surface area contributed by atoms with Crippen molar-refractivity contribution >= 4 is 28.8 Å². The summed E-state index contributed by atoms with van der Waals surface area (Å²) >= 11 is 0. The summed E-state index contributed by atoms with van der Waals surface area (Å²) < 4.78 is 0. The molecule has 0 N–H and O–H groups in total. The van der Waals surface area contributed by atoms with E-state index in [1.165, 1.54) is 5.56 Å². The van der Waals surface area contributed by atoms with Gasteiger partial charge < -0.3 is 0 Å². The van der Waals surface area contributed by atoms with Gasteiger partial charge in [0.2, 0.25) is 0 Å². The molecule has 0 bridgehead atoms. The van der Waals surface area contributed by atoms with Crippen molar-refractivity contribution in [2.24, 2.45) is 4.99 Å². The van der Waals surface area contributed by atoms with Gasteiger partial charge in [0, 0.05) is 30.7 Å². The Morgan fingerprint density at radius 2 is 1.88 bits per heavy atom. The van der Waals surface area contributed by atoms with Crippen LogP contribution in [-0.2, 0) is 6.42 Å². The van der Waals surface area contributed by atoms with E-state index in [0.717, 1.165) is 41.2 Å². The minimum atomic E-state index is 0.00237. The zero-order chi connectivity index (χ0) is 16.7. The number of aliphatic imine (C=N–C) groups is 1. The van der Waals surface area contributed by atoms with Crippen LogP contribution in [0.3, 0.4) is 0 Å². The third kappa shape index (κ3) is 2.46. The number of rotatable bonds is 2. The summed E-state index contributed by atoms with van der Waals surface area (Å²) in [5.74, 6) is 0. The van der Waals surface area contributed by atoms with Crippen LogP contribution in [0.25, 0.3) is 0 Å². The summed E-state index contributed by atoms with van der Waals surface area (Å²) in [7, 11) is 0. The van der Waals surface area contributed by atoms with Crippen LogP contribution in [-0.4, -0.2) is 29.8 Å². The molecule has 5 heteroatoms. The van der Waals surface area contributed by atoms with Crippen LogP contribution in [0, 0.1) is 6.92 Å². The molecule has 0 unspecified atom stereocenters. The zero-order valence-corrected chi connectivity index (χ0v) is 14.0. The number of hydrogen-bond donors (Lipinski definition) is 0. The van der Waals surface area contributed by atoms with Gasteiger partial charge in [-0.1, -0.05) is 6.07 Å². The summed E-state index contributed by atoms with van der Waals surface area (Å²) in [5, 5.41) is 0. The van der Waals surface area contributed by atoms with Crippen LogP contribution in [0.4, 0.5) is 21.9 Å². The maximum absolute atomic E-state index is 12.9. The zero-order valence-electron chi connectivity index (χ0n) is 14.0. The van der Waals surface area contributed by atoms with Gasteiger partial charge in [-0.05, 0) is 56.0 Å². The molecule has 5 nitrogen and oxygen atoms in total. The molecular weight excluding hydrogens is 300 g/mol. The Morgan fingerprint density at radius 1 is 1.04 bits per heavy atom. The average Bonchev–Trinajstić information content (AvgIpc) is 2.96. The van der Waals surface area contributed by atoms with Crippen LogP contribution in [0.15, 0.2) is 41.7 Å². The van der Waals surface area contributed by atoms with Crippen molar-refractivity contribution in [1.29, 1.82) is 0 Å². The van der Waals surface area contributed by atoms with Gasteiger partial charge in [0.1, 0.15) is 0 Å². The monoisotopic (exact) mass is 320 g/mol. The molecule has 24 heavy (non-hydrogen) atoms. The van der Waals surface area contributed by atoms with Gasteiger partial charge >= 0.3 is 6.03 Å². The second kappa shape index (κ2) is 5.74. The van der Waals surface area contributed by atoms with E-state index < -0.39 is 0 Å². The number of pyridine rings is 1. The number of urea groups is 1. The fourth-order valence-corrected chi connectivity index (χ4v) is 3.35. The Balaban J connectivity index is 1.64. The SMILES string of the molecule is CC1=Nc2cc(N3CCN(c4cnccc4C)C3=O)ccc2CC1. The summed E-state index contributed by atoms with van der Waals surface area (Å²) in [4.78, 5) is 25.3. The molecule has 0 spiro atoms. The molecule has 0 saturated carbocycles. The highest BCUT2D eigenvalue weighted by Crippen LogP contribution is 2.33. The van der Waals surface area contributed by atoms with Gasteiger partial charge in [0.25, 0.3) is 0 Å². The molecule has 122 valence electrons. The number of carbonyl (C=O) groups excluding carboxylic acids is 1. The number of anilines is 2. The third-order valence-corrected chi connectivity index (χ3v) is 4.76. The van der Waals surface area contributed by atoms with Crippen molar-refractivity contribution in [3.63, 3.8) is 0 Å². The van der Waals surface area contributed by atoms with Crippen molar-refractivity contribution in [3.05, 3.63) is 47.8 Å². The number of fused-ring (bicyclic) bond motifs is 1. The molecule has 1 aromatic heterocycles. The molecule has 0 atom stereocenters. The van der Waals surface area contributed by atoms with Gasteiger partial charge in [-0.3, -0.25) is 19.8 Å². The largest absolute Gasteiger partial charge is 0.329 e. The molecule has 0 radical (unpaired) electrons. The molecule has 0 aliphatic carbocycles. The lowest BCUT2D eigenvalue weighted by molar-refractivity contribution is 0.256. The van der Waals surface area contributed by atoms with E-state index in [-0.39, 0.29) is 6.03 Å². The van der Waals surface area contributed by atoms with Crippen LogP contribution in [0.1, 0.15) is 24.5 Å². The molecule has 1 aromatic carbocycles. The van der Waals surface area contributed by atoms with Crippen molar-refractivity contribution in [3.8, 4) is 0 Å². The molecule has 4 rings (SSSR count). The first kappa shape index (κ1) is 14.9. The fraction of sp³-hybridized carbons (Fsp3) is 0.316. The van der Waals surface area contributed by atoms with Gasteiger partial charge in [-0.25, -0.2) is 4.79 Å². The van der Waals surface area contributed by atoms with Crippen molar-refractivity contribution in [2.45, 2.75) is 26.7 Å². The topological polar surface area (TPSA) is 48.8 Å². The first-order chi connectivity index (χ1) is 11.6. The van der Waals surface area contributed by atoms with E-state index in [2.05, 4.69) is 23.0 Å². The minimum absolute atomic E-state index is 0.00237. The van der Waals surface area contributed by atoms with Gasteiger partial charge in [0.15, 0.2) is 0 Å². The first-order valence-corrected chi connectivity index (χ1v) is 8.30. The van der Waals surface area contributed by atoms with E-state index >= 15 is 0 Å². The number of aryl methyl sites for hydroxylation is 2. The maximum atomic E-state index is 12.9. The van der Waals surface area contributed by atoms with Gasteiger partial charge in [-0.2, -0.15) is 0 Å². The Kier molecular flexibility index (Phi) is 3.56. The smallest absolute Gasteiger partial charge is 0.292 e. The van der Waals surface area contributed by atoms with Crippen LogP contribution >= 0.6 is 0 Å². The highest BCUT2D eigenvalue weighted by Gasteiger charge is 2.32. The highest BCUT2D eigenvalue weighted by atomic mass is 16.2. The highest BCUT2D eigenvalue weighted by molar-refractivity contribution is 6.06. The predicted octanol–water partition coefficient (Wildman–Crippen LogP) is 3.88. The van der Waals surface area contributed by atoms with Crippen LogP contribution in [0.5, 0.6) is 0 Å². The van der Waals surface area contributed by atoms with Crippen molar-refractivity contribution < 1.29 is 4.79 Å². The standard InChI is InChI=1S/C19H20N4O/c1-13-7-8-20-12-18(13)23-10-9-22(19(23)24)16-6-5-15-4-3-14(2)21-17(15)11-16/h5-8,11-12H,3-4,9-10H2,1-2H3. The van der Waals surface area contributed by atoms with Crippen LogP contribution < -0.4 is 9.80 Å². The van der Waals surface area contributed by atoms with E-state index in [4.69, 9.17) is 0 Å². The van der Waals surface area contributed by atoms with E-state index in [0.29, 0.717) is 13.1 Å². The second-order valence-corrected chi connectivity index (χ2v) is 6.41. The number of carbonyl (C=O) groups is 1. The normalized spacial score (nSPS) is 17.1. The van der Waals surface area contributed by atoms with Crippen LogP contribution in [0.2, 0.25) is 0 Å². The summed E-state index contributed by atoms with van der Waals surface area (Å²) in [5.41, 5.74) is 6.28. The first-order valence-electron chi connectivity index (χ1n) is 8.30.